The Labute approximate surface area is 98.8 Å². The van der Waals surface area contributed by atoms with E-state index in [0.29, 0.717) is 0 Å². The predicted octanol–water partition coefficient (Wildman–Crippen LogP) is 0.542. The number of sulfonamides is 1. The number of aromatic carboxylic acids is 1. The van der Waals surface area contributed by atoms with E-state index in [0.717, 1.165) is 6.07 Å². The highest BCUT2D eigenvalue weighted by Crippen LogP contribution is 2.25. The van der Waals surface area contributed by atoms with E-state index in [1.165, 1.54) is 0 Å². The normalized spacial score (nSPS) is 11.0. The van der Waals surface area contributed by atoms with Crippen molar-refractivity contribution in [3.05, 3.63) is 16.5 Å². The molecule has 0 bridgehead atoms. The number of hydrogen-bond donors (Lipinski definition) is 2. The Morgan fingerprint density at radius 1 is 1.69 bits per heavy atom. The molecule has 16 heavy (non-hydrogen) atoms. The van der Waals surface area contributed by atoms with Crippen LogP contribution in [0.4, 0.5) is 0 Å². The maximum atomic E-state index is 11.5. The molecule has 0 aliphatic heterocycles. The van der Waals surface area contributed by atoms with Crippen LogP contribution in [0.2, 0.25) is 0 Å². The SMILES string of the molecule is N#CCNS(=O)(=O)c1cc(C(=O)O)oc1Br. The minimum absolute atomic E-state index is 0.227. The fourth-order valence-corrected chi connectivity index (χ4v) is 2.70. The van der Waals surface area contributed by atoms with Gasteiger partial charge in [-0.1, -0.05) is 0 Å². The Bertz CT molecular complexity index is 556. The van der Waals surface area contributed by atoms with Crippen molar-refractivity contribution in [2.45, 2.75) is 4.90 Å². The molecule has 0 fully saturated rings. The average molecular weight is 309 g/mol. The van der Waals surface area contributed by atoms with Gasteiger partial charge < -0.3 is 9.52 Å². The lowest BCUT2D eigenvalue weighted by atomic mass is 10.5. The number of nitrogens with zero attached hydrogens (tertiary/aromatic N) is 1. The van der Waals surface area contributed by atoms with E-state index in [4.69, 9.17) is 10.4 Å². The third-order valence-corrected chi connectivity index (χ3v) is 3.76. The van der Waals surface area contributed by atoms with Crippen molar-refractivity contribution in [2.75, 3.05) is 6.54 Å². The lowest BCUT2D eigenvalue weighted by molar-refractivity contribution is 0.0661. The summed E-state index contributed by atoms with van der Waals surface area (Å²) in [7, 11) is -3.94. The highest BCUT2D eigenvalue weighted by molar-refractivity contribution is 9.10. The second kappa shape index (κ2) is 4.65. The van der Waals surface area contributed by atoms with Crippen LogP contribution in [0.3, 0.4) is 0 Å². The van der Waals surface area contributed by atoms with Gasteiger partial charge in [0.15, 0.2) is 4.67 Å². The third kappa shape index (κ3) is 2.60. The van der Waals surface area contributed by atoms with Crippen LogP contribution in [0.15, 0.2) is 20.0 Å². The molecule has 86 valence electrons. The monoisotopic (exact) mass is 308 g/mol. The molecule has 2 N–H and O–H groups in total. The number of carboxylic acid groups (broad SMARTS) is 1. The Hall–Kier alpha value is -1.37. The van der Waals surface area contributed by atoms with Crippen molar-refractivity contribution in [3.8, 4) is 6.07 Å². The zero-order valence-corrected chi connectivity index (χ0v) is 10.0. The number of furan rings is 1. The zero-order chi connectivity index (χ0) is 12.3. The summed E-state index contributed by atoms with van der Waals surface area (Å²) < 4.78 is 29.4. The number of carbonyl (C=O) groups is 1. The molecule has 1 heterocycles. The summed E-state index contributed by atoms with van der Waals surface area (Å²) in [5, 5.41) is 16.8. The summed E-state index contributed by atoms with van der Waals surface area (Å²) in [4.78, 5) is 10.2. The van der Waals surface area contributed by atoms with Crippen LogP contribution in [0.25, 0.3) is 0 Å². The number of nitrogens with one attached hydrogen (secondary N) is 1. The molecule has 0 amide bonds. The van der Waals surface area contributed by atoms with E-state index in [1.807, 2.05) is 4.72 Å². The van der Waals surface area contributed by atoms with Crippen LogP contribution < -0.4 is 4.72 Å². The van der Waals surface area contributed by atoms with Crippen LogP contribution in [-0.2, 0) is 10.0 Å². The first-order valence-electron chi connectivity index (χ1n) is 3.77. The van der Waals surface area contributed by atoms with Gasteiger partial charge in [-0.2, -0.15) is 9.98 Å². The molecule has 0 unspecified atom stereocenters. The molecule has 0 radical (unpaired) electrons. The second-order valence-corrected chi connectivity index (χ2v) is 4.99. The van der Waals surface area contributed by atoms with Crippen LogP contribution in [0, 0.1) is 11.3 Å². The van der Waals surface area contributed by atoms with Gasteiger partial charge in [-0.05, 0) is 15.9 Å². The highest BCUT2D eigenvalue weighted by Gasteiger charge is 2.24. The first-order valence-corrected chi connectivity index (χ1v) is 6.05. The van der Waals surface area contributed by atoms with E-state index in [1.54, 1.807) is 6.07 Å². The zero-order valence-electron chi connectivity index (χ0n) is 7.60. The van der Waals surface area contributed by atoms with Gasteiger partial charge in [-0.25, -0.2) is 13.2 Å². The van der Waals surface area contributed by atoms with E-state index in [2.05, 4.69) is 20.3 Å². The topological polar surface area (TPSA) is 120 Å². The van der Waals surface area contributed by atoms with Crippen molar-refractivity contribution < 1.29 is 22.7 Å². The molecule has 0 saturated carbocycles. The van der Waals surface area contributed by atoms with E-state index in [-0.39, 0.29) is 9.56 Å². The van der Waals surface area contributed by atoms with Crippen molar-refractivity contribution >= 4 is 31.9 Å². The molecule has 0 spiro atoms. The van der Waals surface area contributed by atoms with Gasteiger partial charge in [0.05, 0.1) is 12.6 Å². The number of hydrogen-bond acceptors (Lipinski definition) is 5. The molecule has 7 nitrogen and oxygen atoms in total. The van der Waals surface area contributed by atoms with Crippen LogP contribution in [-0.4, -0.2) is 26.0 Å². The van der Waals surface area contributed by atoms with Crippen molar-refractivity contribution in [2.24, 2.45) is 0 Å². The summed E-state index contributed by atoms with van der Waals surface area (Å²) >= 11 is 2.78. The molecule has 0 aliphatic rings. The fourth-order valence-electron chi connectivity index (χ4n) is 0.846. The van der Waals surface area contributed by atoms with E-state index in [9.17, 15) is 13.2 Å². The average Bonchev–Trinajstić information content (AvgIpc) is 2.58. The summed E-state index contributed by atoms with van der Waals surface area (Å²) in [6, 6.07) is 2.44. The maximum Gasteiger partial charge on any atom is 0.371 e. The number of halogens is 1. The maximum absolute atomic E-state index is 11.5. The first-order chi connectivity index (χ1) is 7.38. The van der Waals surface area contributed by atoms with Gasteiger partial charge in [0, 0.05) is 6.07 Å². The largest absolute Gasteiger partial charge is 0.475 e. The minimum atomic E-state index is -3.94. The highest BCUT2D eigenvalue weighted by atomic mass is 79.9. The van der Waals surface area contributed by atoms with Gasteiger partial charge in [-0.15, -0.1) is 0 Å². The Balaban J connectivity index is 3.14. The van der Waals surface area contributed by atoms with Crippen LogP contribution in [0.5, 0.6) is 0 Å². The van der Waals surface area contributed by atoms with E-state index < -0.39 is 28.3 Å². The molecule has 0 atom stereocenters. The fraction of sp³-hybridized carbons (Fsp3) is 0.143. The van der Waals surface area contributed by atoms with Crippen LogP contribution in [0.1, 0.15) is 10.6 Å². The molecule has 1 aromatic rings. The minimum Gasteiger partial charge on any atom is -0.475 e. The van der Waals surface area contributed by atoms with Gasteiger partial charge in [0.2, 0.25) is 15.8 Å². The predicted molar refractivity (Wildman–Crippen MR) is 54.2 cm³/mol. The molecular formula is C7H5BrN2O5S. The molecule has 1 aromatic heterocycles. The van der Waals surface area contributed by atoms with Crippen molar-refractivity contribution in [1.82, 2.24) is 4.72 Å². The molecular weight excluding hydrogens is 304 g/mol. The Morgan fingerprint density at radius 3 is 2.75 bits per heavy atom. The number of carboxylic acids is 1. The van der Waals surface area contributed by atoms with Gasteiger partial charge in [-0.3, -0.25) is 0 Å². The molecule has 0 saturated heterocycles. The van der Waals surface area contributed by atoms with Crippen molar-refractivity contribution in [3.63, 3.8) is 0 Å². The smallest absolute Gasteiger partial charge is 0.371 e. The van der Waals surface area contributed by atoms with Crippen molar-refractivity contribution in [1.29, 1.82) is 5.26 Å². The van der Waals surface area contributed by atoms with Gasteiger partial charge in [0.1, 0.15) is 4.90 Å². The summed E-state index contributed by atoms with van der Waals surface area (Å²) in [5.74, 6) is -1.90. The Kier molecular flexibility index (Phi) is 3.69. The summed E-state index contributed by atoms with van der Waals surface area (Å²) in [5.41, 5.74) is 0. The van der Waals surface area contributed by atoms with Gasteiger partial charge >= 0.3 is 5.97 Å². The third-order valence-electron chi connectivity index (χ3n) is 1.50. The summed E-state index contributed by atoms with van der Waals surface area (Å²) in [6.45, 7) is -0.414. The number of nitriles is 1. The quantitative estimate of drug-likeness (QED) is 0.783. The molecule has 9 heteroatoms. The molecule has 0 aromatic carbocycles. The first kappa shape index (κ1) is 12.7. The van der Waals surface area contributed by atoms with E-state index >= 15 is 0 Å². The lowest BCUT2D eigenvalue weighted by Gasteiger charge is -1.99. The lowest BCUT2D eigenvalue weighted by Crippen LogP contribution is -2.23. The Morgan fingerprint density at radius 2 is 2.31 bits per heavy atom. The van der Waals surface area contributed by atoms with Gasteiger partial charge in [0.25, 0.3) is 0 Å². The molecule has 1 rings (SSSR count). The standard InChI is InChI=1S/C7H5BrN2O5S/c8-6-5(3-4(15-6)7(11)12)16(13,14)10-2-1-9/h3,10H,2H2,(H,11,12). The molecule has 0 aliphatic carbocycles. The van der Waals surface area contributed by atoms with Crippen LogP contribution >= 0.6 is 15.9 Å². The summed E-state index contributed by atoms with van der Waals surface area (Å²) in [6.07, 6.45) is 0. The second-order valence-electron chi connectivity index (χ2n) is 2.54. The number of rotatable bonds is 4.